The van der Waals surface area contributed by atoms with Gasteiger partial charge in [0.1, 0.15) is 0 Å². The number of benzene rings is 2. The Morgan fingerprint density at radius 1 is 1.00 bits per heavy atom. The van der Waals surface area contributed by atoms with Gasteiger partial charge in [-0.1, -0.05) is 36.0 Å². The predicted molar refractivity (Wildman–Crippen MR) is 124 cm³/mol. The first kappa shape index (κ1) is 20.2. The van der Waals surface area contributed by atoms with E-state index in [0.717, 1.165) is 56.8 Å². The van der Waals surface area contributed by atoms with Gasteiger partial charge in [0.15, 0.2) is 16.6 Å². The summed E-state index contributed by atoms with van der Waals surface area (Å²) < 4.78 is 3.85. The minimum absolute atomic E-state index is 0.661. The van der Waals surface area contributed by atoms with E-state index in [4.69, 9.17) is 20.3 Å². The van der Waals surface area contributed by atoms with Crippen molar-refractivity contribution in [1.29, 1.82) is 5.26 Å². The first-order chi connectivity index (χ1) is 15.6. The maximum Gasteiger partial charge on any atom is 0.191 e. The van der Waals surface area contributed by atoms with E-state index in [2.05, 4.69) is 24.2 Å². The molecule has 0 amide bonds. The number of hydrogen-bond acceptors (Lipinski definition) is 6. The molecule has 0 aliphatic carbocycles. The molecule has 7 nitrogen and oxygen atoms in total. The van der Waals surface area contributed by atoms with Gasteiger partial charge in [-0.3, -0.25) is 4.68 Å². The Bertz CT molecular complexity index is 1460. The van der Waals surface area contributed by atoms with E-state index in [1.165, 1.54) is 0 Å². The third-order valence-corrected chi connectivity index (χ3v) is 6.29. The lowest BCUT2D eigenvalue weighted by molar-refractivity contribution is 0.580. The third-order valence-electron chi connectivity index (χ3n) is 5.29. The van der Waals surface area contributed by atoms with E-state index in [-0.39, 0.29) is 0 Å². The van der Waals surface area contributed by atoms with Crippen molar-refractivity contribution in [2.75, 3.05) is 0 Å². The average molecular weight is 440 g/mol. The molecule has 3 heterocycles. The van der Waals surface area contributed by atoms with Gasteiger partial charge in [-0.25, -0.2) is 9.97 Å². The fourth-order valence-electron chi connectivity index (χ4n) is 3.70. The van der Waals surface area contributed by atoms with Gasteiger partial charge in [0.05, 0.1) is 22.8 Å². The van der Waals surface area contributed by atoms with Gasteiger partial charge in [-0.15, -0.1) is 5.10 Å². The molecule has 0 bridgehead atoms. The number of fused-ring (bicyclic) bond motifs is 3. The standard InChI is InChI=1S/C24H21N7S/c1-16-13-17(2)30(28-16)12-11-22-27-23-20-5-3-4-6-21(20)26-24(31(23)29-22)32-15-19-9-7-18(14-25)8-10-19/h3-10,13H,11-12,15H2,1-2H3. The van der Waals surface area contributed by atoms with Crippen molar-refractivity contribution in [3.63, 3.8) is 0 Å². The van der Waals surface area contributed by atoms with Crippen molar-refractivity contribution in [2.24, 2.45) is 0 Å². The smallest absolute Gasteiger partial charge is 0.191 e. The number of thioether (sulfide) groups is 1. The van der Waals surface area contributed by atoms with Crippen LogP contribution in [0.4, 0.5) is 0 Å². The van der Waals surface area contributed by atoms with Crippen LogP contribution < -0.4 is 0 Å². The van der Waals surface area contributed by atoms with Gasteiger partial charge in [0.25, 0.3) is 0 Å². The predicted octanol–water partition coefficient (Wildman–Crippen LogP) is 4.50. The van der Waals surface area contributed by atoms with Gasteiger partial charge in [-0.05, 0) is 49.7 Å². The Hall–Kier alpha value is -3.70. The summed E-state index contributed by atoms with van der Waals surface area (Å²) in [6, 6.07) is 19.9. The molecule has 0 aliphatic heterocycles. The Morgan fingerprint density at radius 3 is 2.56 bits per heavy atom. The number of para-hydroxylation sites is 1. The molecule has 0 aliphatic rings. The Morgan fingerprint density at radius 2 is 1.81 bits per heavy atom. The zero-order valence-corrected chi connectivity index (χ0v) is 18.7. The van der Waals surface area contributed by atoms with E-state index in [9.17, 15) is 0 Å². The molecule has 0 fully saturated rings. The molecule has 2 aromatic carbocycles. The number of aryl methyl sites for hydroxylation is 4. The van der Waals surface area contributed by atoms with Crippen molar-refractivity contribution < 1.29 is 0 Å². The van der Waals surface area contributed by atoms with Crippen molar-refractivity contribution in [3.05, 3.63) is 82.9 Å². The van der Waals surface area contributed by atoms with Crippen LogP contribution in [-0.4, -0.2) is 29.4 Å². The van der Waals surface area contributed by atoms with Crippen LogP contribution in [-0.2, 0) is 18.7 Å². The van der Waals surface area contributed by atoms with Gasteiger partial charge in [0.2, 0.25) is 0 Å². The molecular weight excluding hydrogens is 418 g/mol. The summed E-state index contributed by atoms with van der Waals surface area (Å²) in [6.07, 6.45) is 0.692. The summed E-state index contributed by atoms with van der Waals surface area (Å²) in [5.74, 6) is 1.50. The van der Waals surface area contributed by atoms with E-state index in [1.807, 2.05) is 64.7 Å². The lowest BCUT2D eigenvalue weighted by atomic mass is 10.2. The summed E-state index contributed by atoms with van der Waals surface area (Å²) in [5, 5.41) is 20.1. The van der Waals surface area contributed by atoms with E-state index < -0.39 is 0 Å². The van der Waals surface area contributed by atoms with Crippen LogP contribution in [0.2, 0.25) is 0 Å². The fourth-order valence-corrected chi connectivity index (χ4v) is 4.60. The molecule has 32 heavy (non-hydrogen) atoms. The van der Waals surface area contributed by atoms with Gasteiger partial charge in [0, 0.05) is 29.8 Å². The van der Waals surface area contributed by atoms with Crippen LogP contribution in [0.1, 0.15) is 28.3 Å². The second-order valence-corrected chi connectivity index (χ2v) is 8.62. The molecule has 0 N–H and O–H groups in total. The molecule has 158 valence electrons. The summed E-state index contributed by atoms with van der Waals surface area (Å²) in [7, 11) is 0. The van der Waals surface area contributed by atoms with Gasteiger partial charge in [-0.2, -0.15) is 14.9 Å². The average Bonchev–Trinajstić information content (AvgIpc) is 3.39. The van der Waals surface area contributed by atoms with Crippen LogP contribution in [0.15, 0.2) is 59.8 Å². The quantitative estimate of drug-likeness (QED) is 0.286. The highest BCUT2D eigenvalue weighted by Crippen LogP contribution is 2.26. The van der Waals surface area contributed by atoms with Crippen LogP contribution in [0.25, 0.3) is 16.6 Å². The van der Waals surface area contributed by atoms with E-state index >= 15 is 0 Å². The molecule has 5 rings (SSSR count). The molecule has 0 unspecified atom stereocenters. The molecule has 8 heteroatoms. The summed E-state index contributed by atoms with van der Waals surface area (Å²) in [4.78, 5) is 9.71. The number of aromatic nitrogens is 6. The number of rotatable bonds is 6. The SMILES string of the molecule is Cc1cc(C)n(CCc2nc3c4ccccc4nc(SCc4ccc(C#N)cc4)n3n2)n1. The zero-order valence-electron chi connectivity index (χ0n) is 17.9. The minimum Gasteiger partial charge on any atom is -0.269 e. The maximum absolute atomic E-state index is 9.00. The topological polar surface area (TPSA) is 84.7 Å². The van der Waals surface area contributed by atoms with Crippen LogP contribution in [0.3, 0.4) is 0 Å². The monoisotopic (exact) mass is 439 g/mol. The first-order valence-corrected chi connectivity index (χ1v) is 11.4. The lowest BCUT2D eigenvalue weighted by Crippen LogP contribution is -2.06. The Labute approximate surface area is 189 Å². The Kier molecular flexibility index (Phi) is 5.33. The molecule has 5 aromatic rings. The molecule has 0 atom stereocenters. The second-order valence-electron chi connectivity index (χ2n) is 7.67. The number of nitriles is 1. The second kappa shape index (κ2) is 8.44. The van der Waals surface area contributed by atoms with Crippen LogP contribution in [0, 0.1) is 25.2 Å². The molecular formula is C24H21N7S. The summed E-state index contributed by atoms with van der Waals surface area (Å²) in [6.45, 7) is 4.80. The van der Waals surface area contributed by atoms with Crippen LogP contribution >= 0.6 is 11.8 Å². The van der Waals surface area contributed by atoms with E-state index in [1.54, 1.807) is 11.8 Å². The fraction of sp³-hybridized carbons (Fsp3) is 0.208. The van der Waals surface area contributed by atoms with Crippen molar-refractivity contribution in [2.45, 2.75) is 37.7 Å². The highest BCUT2D eigenvalue weighted by molar-refractivity contribution is 7.98. The minimum atomic E-state index is 0.661. The van der Waals surface area contributed by atoms with Gasteiger partial charge < -0.3 is 0 Å². The van der Waals surface area contributed by atoms with Gasteiger partial charge >= 0.3 is 0 Å². The highest BCUT2D eigenvalue weighted by Gasteiger charge is 2.14. The first-order valence-electron chi connectivity index (χ1n) is 10.4. The molecule has 0 spiro atoms. The molecule has 0 saturated carbocycles. The largest absolute Gasteiger partial charge is 0.269 e. The van der Waals surface area contributed by atoms with Crippen molar-refractivity contribution in [3.8, 4) is 6.07 Å². The van der Waals surface area contributed by atoms with Crippen molar-refractivity contribution >= 4 is 28.3 Å². The Balaban J connectivity index is 1.47. The normalized spacial score (nSPS) is 11.3. The summed E-state index contributed by atoms with van der Waals surface area (Å²) >= 11 is 1.61. The number of hydrogen-bond donors (Lipinski definition) is 0. The van der Waals surface area contributed by atoms with Crippen LogP contribution in [0.5, 0.6) is 0 Å². The third kappa shape index (κ3) is 3.95. The van der Waals surface area contributed by atoms with E-state index in [0.29, 0.717) is 12.0 Å². The maximum atomic E-state index is 9.00. The summed E-state index contributed by atoms with van der Waals surface area (Å²) in [5.41, 5.74) is 5.66. The zero-order chi connectivity index (χ0) is 22.1. The lowest BCUT2D eigenvalue weighted by Gasteiger charge is -2.06. The molecule has 0 radical (unpaired) electrons. The van der Waals surface area contributed by atoms with Crippen molar-refractivity contribution in [1.82, 2.24) is 29.4 Å². The highest BCUT2D eigenvalue weighted by atomic mass is 32.2. The number of nitrogens with zero attached hydrogens (tertiary/aromatic N) is 7. The molecule has 0 saturated heterocycles. The molecule has 3 aromatic heterocycles.